The standard InChI is InChI=1S/C12H19NO/c1-13(2)9-8-12(14)10-11-6-4-3-5-7-11/h3-7,12,14H,8-10H2,1-2H3. The maximum atomic E-state index is 9.72. The van der Waals surface area contributed by atoms with Crippen LogP contribution in [0.2, 0.25) is 0 Å². The molecule has 0 aliphatic carbocycles. The second-order valence-corrected chi connectivity index (χ2v) is 3.94. The number of hydrogen-bond donors (Lipinski definition) is 1. The molecule has 0 saturated heterocycles. The Balaban J connectivity index is 2.30. The van der Waals surface area contributed by atoms with Crippen LogP contribution in [0.1, 0.15) is 12.0 Å². The van der Waals surface area contributed by atoms with Gasteiger partial charge < -0.3 is 10.0 Å². The summed E-state index contributed by atoms with van der Waals surface area (Å²) in [5, 5.41) is 9.72. The van der Waals surface area contributed by atoms with E-state index < -0.39 is 0 Å². The molecule has 2 heteroatoms. The van der Waals surface area contributed by atoms with E-state index in [0.29, 0.717) is 0 Å². The van der Waals surface area contributed by atoms with Gasteiger partial charge in [0.25, 0.3) is 0 Å². The molecule has 1 aromatic rings. The summed E-state index contributed by atoms with van der Waals surface area (Å²) in [6.45, 7) is 0.938. The zero-order valence-corrected chi connectivity index (χ0v) is 8.98. The van der Waals surface area contributed by atoms with Crippen molar-refractivity contribution >= 4 is 0 Å². The Kier molecular flexibility index (Phi) is 4.63. The van der Waals surface area contributed by atoms with E-state index in [4.69, 9.17) is 0 Å². The fourth-order valence-electron chi connectivity index (χ4n) is 1.40. The van der Waals surface area contributed by atoms with Gasteiger partial charge in [-0.2, -0.15) is 0 Å². The Morgan fingerprint density at radius 3 is 2.43 bits per heavy atom. The number of aliphatic hydroxyl groups excluding tert-OH is 1. The normalized spacial score (nSPS) is 13.1. The summed E-state index contributed by atoms with van der Waals surface area (Å²) in [6.07, 6.45) is 1.37. The van der Waals surface area contributed by atoms with Gasteiger partial charge in [0.05, 0.1) is 6.10 Å². The van der Waals surface area contributed by atoms with Gasteiger partial charge in [-0.15, -0.1) is 0 Å². The van der Waals surface area contributed by atoms with Crippen LogP contribution >= 0.6 is 0 Å². The lowest BCUT2D eigenvalue weighted by molar-refractivity contribution is 0.152. The zero-order chi connectivity index (χ0) is 10.4. The van der Waals surface area contributed by atoms with Gasteiger partial charge in [0, 0.05) is 0 Å². The molecule has 1 unspecified atom stereocenters. The summed E-state index contributed by atoms with van der Waals surface area (Å²) in [5.74, 6) is 0. The molecule has 0 heterocycles. The monoisotopic (exact) mass is 193 g/mol. The van der Waals surface area contributed by atoms with Crippen LogP contribution in [0.25, 0.3) is 0 Å². The minimum Gasteiger partial charge on any atom is -0.393 e. The van der Waals surface area contributed by atoms with E-state index in [-0.39, 0.29) is 6.10 Å². The molecule has 0 bridgehead atoms. The predicted octanol–water partition coefficient (Wildman–Crippen LogP) is 1.54. The average molecular weight is 193 g/mol. The molecule has 2 nitrogen and oxygen atoms in total. The third-order valence-corrected chi connectivity index (χ3v) is 2.22. The van der Waals surface area contributed by atoms with Gasteiger partial charge in [-0.25, -0.2) is 0 Å². The van der Waals surface area contributed by atoms with Gasteiger partial charge in [-0.1, -0.05) is 30.3 Å². The Labute approximate surface area is 86.2 Å². The second kappa shape index (κ2) is 5.78. The summed E-state index contributed by atoms with van der Waals surface area (Å²) in [4.78, 5) is 2.09. The molecule has 1 atom stereocenters. The minimum atomic E-state index is -0.222. The van der Waals surface area contributed by atoms with Crippen LogP contribution < -0.4 is 0 Å². The van der Waals surface area contributed by atoms with Crippen LogP contribution in [0, 0.1) is 0 Å². The first-order valence-corrected chi connectivity index (χ1v) is 5.05. The molecule has 78 valence electrons. The SMILES string of the molecule is CN(C)CCC(O)Cc1ccccc1. The maximum absolute atomic E-state index is 9.72. The van der Waals surface area contributed by atoms with Crippen molar-refractivity contribution in [2.45, 2.75) is 18.9 Å². The molecule has 0 saturated carbocycles. The van der Waals surface area contributed by atoms with Crippen molar-refractivity contribution in [3.05, 3.63) is 35.9 Å². The summed E-state index contributed by atoms with van der Waals surface area (Å²) < 4.78 is 0. The molecule has 1 rings (SSSR count). The van der Waals surface area contributed by atoms with Crippen molar-refractivity contribution in [2.24, 2.45) is 0 Å². The molecular weight excluding hydrogens is 174 g/mol. The van der Waals surface area contributed by atoms with Crippen LogP contribution in [0.5, 0.6) is 0 Å². The maximum Gasteiger partial charge on any atom is 0.0592 e. The lowest BCUT2D eigenvalue weighted by Crippen LogP contribution is -2.20. The van der Waals surface area contributed by atoms with Crippen molar-refractivity contribution in [3.8, 4) is 0 Å². The largest absolute Gasteiger partial charge is 0.393 e. The zero-order valence-electron chi connectivity index (χ0n) is 8.98. The van der Waals surface area contributed by atoms with Gasteiger partial charge in [-0.05, 0) is 39.0 Å². The number of benzene rings is 1. The summed E-state index contributed by atoms with van der Waals surface area (Å²) in [6, 6.07) is 10.1. The topological polar surface area (TPSA) is 23.5 Å². The molecule has 0 amide bonds. The van der Waals surface area contributed by atoms with E-state index in [0.717, 1.165) is 19.4 Å². The van der Waals surface area contributed by atoms with E-state index in [9.17, 15) is 5.11 Å². The van der Waals surface area contributed by atoms with E-state index >= 15 is 0 Å². The van der Waals surface area contributed by atoms with Crippen LogP contribution in [0.4, 0.5) is 0 Å². The lowest BCUT2D eigenvalue weighted by Gasteiger charge is -2.14. The summed E-state index contributed by atoms with van der Waals surface area (Å²) in [5.41, 5.74) is 1.21. The predicted molar refractivity (Wildman–Crippen MR) is 59.3 cm³/mol. The van der Waals surface area contributed by atoms with Gasteiger partial charge in [0.2, 0.25) is 0 Å². The Morgan fingerprint density at radius 1 is 1.21 bits per heavy atom. The van der Waals surface area contributed by atoms with Crippen LogP contribution in [0.3, 0.4) is 0 Å². The van der Waals surface area contributed by atoms with E-state index in [1.54, 1.807) is 0 Å². The molecule has 1 N–H and O–H groups in total. The fraction of sp³-hybridized carbons (Fsp3) is 0.500. The third kappa shape index (κ3) is 4.40. The number of hydrogen-bond acceptors (Lipinski definition) is 2. The highest BCUT2D eigenvalue weighted by Crippen LogP contribution is 2.05. The van der Waals surface area contributed by atoms with Crippen molar-refractivity contribution in [1.82, 2.24) is 4.90 Å². The molecule has 14 heavy (non-hydrogen) atoms. The number of rotatable bonds is 5. The molecular formula is C12H19NO. The first-order valence-electron chi connectivity index (χ1n) is 5.05. The van der Waals surface area contributed by atoms with Gasteiger partial charge in [0.15, 0.2) is 0 Å². The Morgan fingerprint density at radius 2 is 1.86 bits per heavy atom. The van der Waals surface area contributed by atoms with E-state index in [1.165, 1.54) is 5.56 Å². The molecule has 0 aliphatic heterocycles. The van der Waals surface area contributed by atoms with Gasteiger partial charge in [-0.3, -0.25) is 0 Å². The van der Waals surface area contributed by atoms with E-state index in [1.807, 2.05) is 32.3 Å². The van der Waals surface area contributed by atoms with Gasteiger partial charge in [0.1, 0.15) is 0 Å². The van der Waals surface area contributed by atoms with Crippen molar-refractivity contribution in [3.63, 3.8) is 0 Å². The smallest absolute Gasteiger partial charge is 0.0592 e. The molecule has 0 fully saturated rings. The highest BCUT2D eigenvalue weighted by atomic mass is 16.3. The van der Waals surface area contributed by atoms with Crippen molar-refractivity contribution in [1.29, 1.82) is 0 Å². The molecule has 0 spiro atoms. The highest BCUT2D eigenvalue weighted by molar-refractivity contribution is 5.15. The van der Waals surface area contributed by atoms with Crippen molar-refractivity contribution in [2.75, 3.05) is 20.6 Å². The van der Waals surface area contributed by atoms with E-state index in [2.05, 4.69) is 17.0 Å². The van der Waals surface area contributed by atoms with Gasteiger partial charge >= 0.3 is 0 Å². The van der Waals surface area contributed by atoms with Crippen molar-refractivity contribution < 1.29 is 5.11 Å². The molecule has 0 aromatic heterocycles. The summed E-state index contributed by atoms with van der Waals surface area (Å²) in [7, 11) is 4.05. The number of nitrogens with zero attached hydrogens (tertiary/aromatic N) is 1. The fourth-order valence-corrected chi connectivity index (χ4v) is 1.40. The molecule has 0 aliphatic rings. The molecule has 0 radical (unpaired) electrons. The third-order valence-electron chi connectivity index (χ3n) is 2.22. The minimum absolute atomic E-state index is 0.222. The average Bonchev–Trinajstić information content (AvgIpc) is 2.16. The number of aliphatic hydroxyl groups is 1. The summed E-state index contributed by atoms with van der Waals surface area (Å²) >= 11 is 0. The van der Waals surface area contributed by atoms with Crippen LogP contribution in [-0.2, 0) is 6.42 Å². The van der Waals surface area contributed by atoms with Crippen LogP contribution in [-0.4, -0.2) is 36.8 Å². The second-order valence-electron chi connectivity index (χ2n) is 3.94. The first kappa shape index (κ1) is 11.2. The quantitative estimate of drug-likeness (QED) is 0.767. The highest BCUT2D eigenvalue weighted by Gasteiger charge is 2.05. The van der Waals surface area contributed by atoms with Crippen LogP contribution in [0.15, 0.2) is 30.3 Å². The lowest BCUT2D eigenvalue weighted by atomic mass is 10.1. The Bertz CT molecular complexity index is 246. The first-order chi connectivity index (χ1) is 6.68. The molecule has 1 aromatic carbocycles. The Hall–Kier alpha value is -0.860.